The zero-order valence-electron chi connectivity index (χ0n) is 7.22. The number of oxime groups is 1. The molecule has 0 spiro atoms. The fourth-order valence-electron chi connectivity index (χ4n) is 1.15. The van der Waals surface area contributed by atoms with E-state index in [0.29, 0.717) is 23.0 Å². The van der Waals surface area contributed by atoms with Crippen LogP contribution in [0.1, 0.15) is 12.1 Å². The molecule has 0 saturated carbocycles. The van der Waals surface area contributed by atoms with Gasteiger partial charge in [0.2, 0.25) is 0 Å². The molecule has 0 aliphatic carbocycles. The van der Waals surface area contributed by atoms with Gasteiger partial charge in [-0.3, -0.25) is 0 Å². The van der Waals surface area contributed by atoms with Gasteiger partial charge in [-0.25, -0.2) is 0 Å². The molecule has 0 radical (unpaired) electrons. The van der Waals surface area contributed by atoms with Crippen molar-refractivity contribution in [2.75, 3.05) is 6.61 Å². The van der Waals surface area contributed by atoms with Crippen LogP contribution in [0.2, 0.25) is 5.15 Å². The molecule has 1 aliphatic heterocycles. The summed E-state index contributed by atoms with van der Waals surface area (Å²) in [6.45, 7) is -0.0476. The lowest BCUT2D eigenvalue weighted by atomic mass is 10.1. The lowest BCUT2D eigenvalue weighted by Crippen LogP contribution is -2.13. The first kappa shape index (κ1) is 9.36. The number of aromatic nitrogens is 2. The number of halogens is 1. The highest BCUT2D eigenvalue weighted by molar-refractivity contribution is 6.29. The molecular weight excluding hydrogens is 206 g/mol. The fraction of sp³-hybridized carbons (Fsp3) is 0.375. The van der Waals surface area contributed by atoms with Crippen molar-refractivity contribution < 1.29 is 9.94 Å². The Morgan fingerprint density at radius 2 is 2.36 bits per heavy atom. The molecule has 1 aromatic heterocycles. The molecule has 14 heavy (non-hydrogen) atoms. The maximum atomic E-state index is 8.82. The van der Waals surface area contributed by atoms with Gasteiger partial charge >= 0.3 is 0 Å². The first-order valence-electron chi connectivity index (χ1n) is 4.13. The monoisotopic (exact) mass is 213 g/mol. The van der Waals surface area contributed by atoms with Gasteiger partial charge in [0.15, 0.2) is 11.3 Å². The van der Waals surface area contributed by atoms with E-state index in [-0.39, 0.29) is 12.7 Å². The fourth-order valence-corrected chi connectivity index (χ4v) is 1.25. The molecule has 6 heteroatoms. The van der Waals surface area contributed by atoms with Crippen LogP contribution in [0, 0.1) is 0 Å². The molecule has 0 aromatic carbocycles. The normalized spacial score (nSPS) is 20.4. The van der Waals surface area contributed by atoms with Crippen LogP contribution in [0.3, 0.4) is 0 Å². The van der Waals surface area contributed by atoms with Gasteiger partial charge < -0.3 is 9.94 Å². The van der Waals surface area contributed by atoms with Crippen molar-refractivity contribution in [3.05, 3.63) is 23.0 Å². The summed E-state index contributed by atoms with van der Waals surface area (Å²) in [5.74, 6) is 0. The van der Waals surface area contributed by atoms with E-state index in [9.17, 15) is 0 Å². The lowest BCUT2D eigenvalue weighted by Gasteiger charge is -2.00. The van der Waals surface area contributed by atoms with Gasteiger partial charge in [0, 0.05) is 6.42 Å². The van der Waals surface area contributed by atoms with Gasteiger partial charge in [-0.05, 0) is 12.1 Å². The second kappa shape index (κ2) is 3.89. The highest BCUT2D eigenvalue weighted by Gasteiger charge is 2.22. The van der Waals surface area contributed by atoms with Gasteiger partial charge in [-0.15, -0.1) is 10.2 Å². The Balaban J connectivity index is 2.13. The summed E-state index contributed by atoms with van der Waals surface area (Å²) in [6.07, 6.45) is 0.287. The van der Waals surface area contributed by atoms with Gasteiger partial charge in [0.1, 0.15) is 11.4 Å². The van der Waals surface area contributed by atoms with E-state index in [1.165, 1.54) is 0 Å². The van der Waals surface area contributed by atoms with E-state index in [1.54, 1.807) is 12.1 Å². The Kier molecular flexibility index (Phi) is 2.60. The largest absolute Gasteiger partial charge is 0.392 e. The summed E-state index contributed by atoms with van der Waals surface area (Å²) in [5.41, 5.74) is 1.32. The van der Waals surface area contributed by atoms with Crippen molar-refractivity contribution in [3.63, 3.8) is 0 Å². The standard InChI is InChI=1S/C8H8ClN3O2/c9-8-2-1-6(10-11-8)7-3-5(4-13)14-12-7/h1-2,5,13H,3-4H2. The van der Waals surface area contributed by atoms with E-state index in [2.05, 4.69) is 15.4 Å². The molecule has 0 fully saturated rings. The summed E-state index contributed by atoms with van der Waals surface area (Å²) in [7, 11) is 0. The minimum absolute atomic E-state index is 0.0476. The van der Waals surface area contributed by atoms with Crippen LogP contribution >= 0.6 is 11.6 Å². The zero-order chi connectivity index (χ0) is 9.97. The van der Waals surface area contributed by atoms with Crippen molar-refractivity contribution in [3.8, 4) is 0 Å². The third-order valence-corrected chi connectivity index (χ3v) is 2.07. The summed E-state index contributed by atoms with van der Waals surface area (Å²) < 4.78 is 0. The minimum atomic E-state index is -0.262. The molecule has 5 nitrogen and oxygen atoms in total. The number of rotatable bonds is 2. The molecule has 1 N–H and O–H groups in total. The molecular formula is C8H8ClN3O2. The predicted molar refractivity (Wildman–Crippen MR) is 50.2 cm³/mol. The second-order valence-electron chi connectivity index (χ2n) is 2.89. The van der Waals surface area contributed by atoms with Crippen LogP contribution in [0.5, 0.6) is 0 Å². The van der Waals surface area contributed by atoms with Gasteiger partial charge in [-0.1, -0.05) is 16.8 Å². The summed E-state index contributed by atoms with van der Waals surface area (Å²) in [5, 5.41) is 20.5. The molecule has 1 aromatic rings. The van der Waals surface area contributed by atoms with E-state index in [1.807, 2.05) is 0 Å². The molecule has 1 aliphatic rings. The van der Waals surface area contributed by atoms with Crippen LogP contribution in [0.4, 0.5) is 0 Å². The van der Waals surface area contributed by atoms with Crippen LogP contribution in [0.25, 0.3) is 0 Å². The Morgan fingerprint density at radius 1 is 1.50 bits per heavy atom. The van der Waals surface area contributed by atoms with Crippen LogP contribution in [-0.4, -0.2) is 33.7 Å². The number of hydrogen-bond donors (Lipinski definition) is 1. The van der Waals surface area contributed by atoms with E-state index < -0.39 is 0 Å². The van der Waals surface area contributed by atoms with Crippen molar-refractivity contribution >= 4 is 17.3 Å². The minimum Gasteiger partial charge on any atom is -0.392 e. The summed E-state index contributed by atoms with van der Waals surface area (Å²) in [4.78, 5) is 4.94. The van der Waals surface area contributed by atoms with Crippen molar-refractivity contribution in [1.29, 1.82) is 0 Å². The molecule has 2 heterocycles. The van der Waals surface area contributed by atoms with Gasteiger partial charge in [0.05, 0.1) is 6.61 Å². The maximum Gasteiger partial charge on any atom is 0.156 e. The molecule has 1 unspecified atom stereocenters. The zero-order valence-corrected chi connectivity index (χ0v) is 7.98. The van der Waals surface area contributed by atoms with Crippen LogP contribution < -0.4 is 0 Å². The third kappa shape index (κ3) is 1.83. The molecule has 2 rings (SSSR count). The first-order chi connectivity index (χ1) is 6.79. The quantitative estimate of drug-likeness (QED) is 0.782. The highest BCUT2D eigenvalue weighted by atomic mass is 35.5. The molecule has 0 saturated heterocycles. The Labute approximate surface area is 85.4 Å². The molecule has 74 valence electrons. The van der Waals surface area contributed by atoms with E-state index in [4.69, 9.17) is 21.5 Å². The first-order valence-corrected chi connectivity index (χ1v) is 4.50. The van der Waals surface area contributed by atoms with Crippen molar-refractivity contribution in [1.82, 2.24) is 10.2 Å². The number of aliphatic hydroxyl groups is 1. The summed E-state index contributed by atoms with van der Waals surface area (Å²) >= 11 is 5.59. The molecule has 1 atom stereocenters. The summed E-state index contributed by atoms with van der Waals surface area (Å²) in [6, 6.07) is 3.36. The third-order valence-electron chi connectivity index (χ3n) is 1.86. The van der Waals surface area contributed by atoms with E-state index >= 15 is 0 Å². The molecule has 0 bridgehead atoms. The van der Waals surface area contributed by atoms with Crippen LogP contribution in [0.15, 0.2) is 17.3 Å². The average Bonchev–Trinajstić information content (AvgIpc) is 2.67. The second-order valence-corrected chi connectivity index (χ2v) is 3.28. The topological polar surface area (TPSA) is 67.6 Å². The smallest absolute Gasteiger partial charge is 0.156 e. The lowest BCUT2D eigenvalue weighted by molar-refractivity contribution is 0.0390. The van der Waals surface area contributed by atoms with Gasteiger partial charge in [-0.2, -0.15) is 0 Å². The average molecular weight is 214 g/mol. The predicted octanol–water partition coefficient (Wildman–Crippen LogP) is 0.615. The Bertz CT molecular complexity index is 352. The van der Waals surface area contributed by atoms with Crippen LogP contribution in [-0.2, 0) is 4.84 Å². The maximum absolute atomic E-state index is 8.82. The van der Waals surface area contributed by atoms with E-state index in [0.717, 1.165) is 0 Å². The van der Waals surface area contributed by atoms with Crippen molar-refractivity contribution in [2.24, 2.45) is 5.16 Å². The molecule has 0 amide bonds. The Hall–Kier alpha value is -1.20. The van der Waals surface area contributed by atoms with Crippen molar-refractivity contribution in [2.45, 2.75) is 12.5 Å². The SMILES string of the molecule is OCC1CC(c2ccc(Cl)nn2)=NO1. The number of nitrogens with zero attached hydrogens (tertiary/aromatic N) is 3. The number of hydrogen-bond acceptors (Lipinski definition) is 5. The number of aliphatic hydroxyl groups excluding tert-OH is 1. The van der Waals surface area contributed by atoms with Gasteiger partial charge in [0.25, 0.3) is 0 Å². The highest BCUT2D eigenvalue weighted by Crippen LogP contribution is 2.14. The Morgan fingerprint density at radius 3 is 2.93 bits per heavy atom.